The van der Waals surface area contributed by atoms with Crippen LogP contribution >= 0.6 is 23.4 Å². The summed E-state index contributed by atoms with van der Waals surface area (Å²) >= 11 is 7.46. The Morgan fingerprint density at radius 3 is 2.89 bits per heavy atom. The van der Waals surface area contributed by atoms with Gasteiger partial charge in [0.25, 0.3) is 0 Å². The quantitative estimate of drug-likeness (QED) is 0.280. The van der Waals surface area contributed by atoms with Gasteiger partial charge < -0.3 is 9.64 Å². The summed E-state index contributed by atoms with van der Waals surface area (Å²) in [5.41, 5.74) is 2.16. The van der Waals surface area contributed by atoms with Crippen LogP contribution in [0.4, 0.5) is 5.69 Å². The highest BCUT2D eigenvalue weighted by Crippen LogP contribution is 2.25. The van der Waals surface area contributed by atoms with Crippen LogP contribution in [-0.4, -0.2) is 31.8 Å². The zero-order valence-electron chi connectivity index (χ0n) is 11.3. The number of rotatable bonds is 4. The van der Waals surface area contributed by atoms with Crippen LogP contribution in [0.3, 0.4) is 0 Å². The molecule has 0 aliphatic heterocycles. The Bertz CT molecular complexity index is 497. The van der Waals surface area contributed by atoms with Crippen molar-refractivity contribution in [3.05, 3.63) is 28.8 Å². The van der Waals surface area contributed by atoms with Gasteiger partial charge in [-0.3, -0.25) is 4.99 Å². The van der Waals surface area contributed by atoms with Crippen molar-refractivity contribution in [1.29, 1.82) is 0 Å². The molecule has 0 heterocycles. The molecule has 0 saturated heterocycles. The number of ether oxygens (including phenoxy) is 1. The highest BCUT2D eigenvalue weighted by molar-refractivity contribution is 8.14. The van der Waals surface area contributed by atoms with E-state index in [1.54, 1.807) is 7.05 Å². The van der Waals surface area contributed by atoms with Crippen LogP contribution in [0.25, 0.3) is 0 Å². The molecule has 0 aliphatic rings. The van der Waals surface area contributed by atoms with Crippen LogP contribution in [-0.2, 0) is 4.74 Å². The monoisotopic (exact) mass is 296 g/mol. The fourth-order valence-electron chi connectivity index (χ4n) is 1.60. The highest BCUT2D eigenvalue weighted by Gasteiger charge is 2.11. The first-order valence-corrected chi connectivity index (χ1v) is 7.07. The average molecular weight is 297 g/mol. The zero-order valence-corrected chi connectivity index (χ0v) is 12.9. The smallest absolute Gasteiger partial charge is 0.165 e. The maximum atomic E-state index is 5.96. The van der Waals surface area contributed by atoms with Gasteiger partial charge in [0.2, 0.25) is 0 Å². The lowest BCUT2D eigenvalue weighted by atomic mass is 10.2. The number of aryl methyl sites for hydroxylation is 1. The first-order valence-electron chi connectivity index (χ1n) is 5.70. The first-order chi connectivity index (χ1) is 9.10. The first kappa shape index (κ1) is 15.9. The van der Waals surface area contributed by atoms with Gasteiger partial charge in [-0.2, -0.15) is 0 Å². The Labute approximate surface area is 124 Å². The molecule has 0 bridgehead atoms. The molecule has 0 aromatic heterocycles. The molecule has 102 valence electrons. The van der Waals surface area contributed by atoms with Gasteiger partial charge in [-0.15, -0.1) is 6.42 Å². The summed E-state index contributed by atoms with van der Waals surface area (Å²) in [4.78, 5) is 6.28. The zero-order chi connectivity index (χ0) is 14.3. The van der Waals surface area contributed by atoms with Crippen molar-refractivity contribution < 1.29 is 4.74 Å². The summed E-state index contributed by atoms with van der Waals surface area (Å²) in [5, 5.41) is 1.59. The molecule has 0 fully saturated rings. The minimum Gasteiger partial charge on any atom is -0.358 e. The summed E-state index contributed by atoms with van der Waals surface area (Å²) < 4.78 is 5.25. The lowest BCUT2D eigenvalue weighted by Crippen LogP contribution is -2.24. The maximum Gasteiger partial charge on any atom is 0.165 e. The Hall–Kier alpha value is -1.15. The summed E-state index contributed by atoms with van der Waals surface area (Å²) in [7, 11) is 3.72. The molecule has 0 spiro atoms. The number of halogens is 1. The number of benzene rings is 1. The molecule has 0 N–H and O–H groups in total. The molecule has 1 aromatic carbocycles. The van der Waals surface area contributed by atoms with Crippen molar-refractivity contribution >= 4 is 34.2 Å². The topological polar surface area (TPSA) is 24.8 Å². The minimum absolute atomic E-state index is 0.313. The summed E-state index contributed by atoms with van der Waals surface area (Å²) in [5.74, 6) is 2.91. The van der Waals surface area contributed by atoms with E-state index in [0.29, 0.717) is 12.5 Å². The molecule has 19 heavy (non-hydrogen) atoms. The summed E-state index contributed by atoms with van der Waals surface area (Å²) in [6, 6.07) is 5.78. The van der Waals surface area contributed by atoms with Gasteiger partial charge >= 0.3 is 0 Å². The van der Waals surface area contributed by atoms with Crippen molar-refractivity contribution in [2.24, 2.45) is 4.99 Å². The lowest BCUT2D eigenvalue weighted by Gasteiger charge is -2.22. The van der Waals surface area contributed by atoms with Gasteiger partial charge in [-0.1, -0.05) is 29.3 Å². The third-order valence-corrected chi connectivity index (χ3v) is 3.69. The summed E-state index contributed by atoms with van der Waals surface area (Å²) in [6.07, 6.45) is 5.13. The summed E-state index contributed by atoms with van der Waals surface area (Å²) in [6.45, 7) is 2.33. The van der Waals surface area contributed by atoms with E-state index in [4.69, 9.17) is 22.8 Å². The minimum atomic E-state index is 0.313. The normalized spacial score (nSPS) is 11.2. The average Bonchev–Trinajstić information content (AvgIpc) is 2.38. The molecule has 0 aliphatic carbocycles. The van der Waals surface area contributed by atoms with Crippen LogP contribution in [0, 0.1) is 19.3 Å². The van der Waals surface area contributed by atoms with Crippen molar-refractivity contribution in [2.45, 2.75) is 6.92 Å². The number of nitrogens with zero attached hydrogens (tertiary/aromatic N) is 2. The van der Waals surface area contributed by atoms with Crippen molar-refractivity contribution in [1.82, 2.24) is 0 Å². The van der Waals surface area contributed by atoms with Gasteiger partial charge in [0.1, 0.15) is 12.5 Å². The molecule has 0 radical (unpaired) electrons. The largest absolute Gasteiger partial charge is 0.358 e. The van der Waals surface area contributed by atoms with Crippen molar-refractivity contribution in [2.75, 3.05) is 31.5 Å². The number of anilines is 1. The molecule has 0 amide bonds. The van der Waals surface area contributed by atoms with E-state index in [2.05, 4.69) is 10.9 Å². The van der Waals surface area contributed by atoms with Crippen LogP contribution in [0.1, 0.15) is 5.56 Å². The van der Waals surface area contributed by atoms with E-state index in [9.17, 15) is 0 Å². The van der Waals surface area contributed by atoms with Crippen molar-refractivity contribution in [3.63, 3.8) is 0 Å². The molecule has 0 unspecified atom stereocenters. The second-order valence-corrected chi connectivity index (χ2v) is 5.14. The lowest BCUT2D eigenvalue weighted by molar-refractivity contribution is 0.223. The Morgan fingerprint density at radius 1 is 1.58 bits per heavy atom. The highest BCUT2D eigenvalue weighted by atomic mass is 35.5. The van der Waals surface area contributed by atoms with E-state index in [0.717, 1.165) is 21.4 Å². The Morgan fingerprint density at radius 2 is 2.32 bits per heavy atom. The van der Waals surface area contributed by atoms with Crippen molar-refractivity contribution in [3.8, 4) is 12.3 Å². The standard InChI is InChI=1S/C14H17ClN2OS/c1-5-8-18-10-19-14(16-3)17(4)13-7-6-12(15)9-11(13)2/h1,6-7,9H,8,10H2,2-4H3. The number of terminal acetylenes is 1. The third kappa shape index (κ3) is 4.79. The molecule has 0 saturated carbocycles. The molecule has 0 atom stereocenters. The predicted octanol–water partition coefficient (Wildman–Crippen LogP) is 3.41. The van der Waals surface area contributed by atoms with E-state index >= 15 is 0 Å². The fraction of sp³-hybridized carbons (Fsp3) is 0.357. The third-order valence-electron chi connectivity index (χ3n) is 2.46. The van der Waals surface area contributed by atoms with Crippen LogP contribution in [0.5, 0.6) is 0 Å². The number of amidine groups is 1. The maximum absolute atomic E-state index is 5.96. The molecular weight excluding hydrogens is 280 g/mol. The molecule has 5 heteroatoms. The van der Waals surface area contributed by atoms with Gasteiger partial charge in [0.15, 0.2) is 5.17 Å². The van der Waals surface area contributed by atoms with Gasteiger partial charge in [0, 0.05) is 24.8 Å². The predicted molar refractivity (Wildman–Crippen MR) is 85.2 cm³/mol. The molecule has 1 rings (SSSR count). The van der Waals surface area contributed by atoms with E-state index < -0.39 is 0 Å². The molecular formula is C14H17ClN2OS. The fourth-order valence-corrected chi connectivity index (χ4v) is 2.52. The van der Waals surface area contributed by atoms with E-state index in [1.807, 2.05) is 37.1 Å². The number of aliphatic imine (C=N–C) groups is 1. The molecule has 3 nitrogen and oxygen atoms in total. The van der Waals surface area contributed by atoms with Crippen LogP contribution in [0.2, 0.25) is 5.02 Å². The Kier molecular flexibility index (Phi) is 6.79. The van der Waals surface area contributed by atoms with E-state index in [-0.39, 0.29) is 0 Å². The Balaban J connectivity index is 2.73. The molecule has 1 aromatic rings. The number of hydrogen-bond donors (Lipinski definition) is 0. The van der Waals surface area contributed by atoms with Crippen LogP contribution in [0.15, 0.2) is 23.2 Å². The second-order valence-electron chi connectivity index (χ2n) is 3.81. The number of hydrogen-bond acceptors (Lipinski definition) is 3. The van der Waals surface area contributed by atoms with Gasteiger partial charge in [-0.25, -0.2) is 0 Å². The van der Waals surface area contributed by atoms with Gasteiger partial charge in [-0.05, 0) is 30.7 Å². The second kappa shape index (κ2) is 8.11. The van der Waals surface area contributed by atoms with Gasteiger partial charge in [0.05, 0.1) is 0 Å². The SMILES string of the molecule is C#CCOCSC(=NC)N(C)c1ccc(Cl)cc1C. The van der Waals surface area contributed by atoms with Crippen LogP contribution < -0.4 is 4.90 Å². The number of thioether (sulfide) groups is 1. The van der Waals surface area contributed by atoms with E-state index in [1.165, 1.54) is 11.8 Å².